The maximum Gasteiger partial charge on any atom is 0.325 e. The highest BCUT2D eigenvalue weighted by molar-refractivity contribution is 6.06. The molecule has 2 rings (SSSR count). The number of amides is 4. The minimum absolute atomic E-state index is 0.0293. The molecule has 1 heterocycles. The molecule has 112 valence electrons. The Kier molecular flexibility index (Phi) is 4.57. The highest BCUT2D eigenvalue weighted by atomic mass is 16.2. The van der Waals surface area contributed by atoms with Crippen LogP contribution in [-0.4, -0.2) is 41.4 Å². The molecule has 1 aromatic carbocycles. The van der Waals surface area contributed by atoms with Crippen molar-refractivity contribution in [3.05, 3.63) is 35.9 Å². The summed E-state index contributed by atoms with van der Waals surface area (Å²) in [6.07, 6.45) is 0.424. The molecule has 6 nitrogen and oxygen atoms in total. The zero-order chi connectivity index (χ0) is 15.4. The Morgan fingerprint density at radius 2 is 1.95 bits per heavy atom. The Morgan fingerprint density at radius 3 is 2.57 bits per heavy atom. The van der Waals surface area contributed by atoms with E-state index in [0.29, 0.717) is 6.42 Å². The van der Waals surface area contributed by atoms with Gasteiger partial charge in [0.2, 0.25) is 5.91 Å². The van der Waals surface area contributed by atoms with Gasteiger partial charge in [-0.25, -0.2) is 4.79 Å². The fourth-order valence-electron chi connectivity index (χ4n) is 2.23. The van der Waals surface area contributed by atoms with E-state index in [1.54, 1.807) is 0 Å². The molecule has 1 aromatic rings. The van der Waals surface area contributed by atoms with Gasteiger partial charge < -0.3 is 10.6 Å². The highest BCUT2D eigenvalue weighted by Crippen LogP contribution is 2.11. The van der Waals surface area contributed by atoms with Crippen LogP contribution in [0, 0.1) is 0 Å². The minimum Gasteiger partial charge on any atom is -0.352 e. The first-order chi connectivity index (χ1) is 9.97. The second-order valence-electron chi connectivity index (χ2n) is 5.34. The monoisotopic (exact) mass is 289 g/mol. The number of nitrogens with one attached hydrogen (secondary N) is 2. The number of carbonyl (C=O) groups excluding carboxylic acids is 3. The molecule has 0 aromatic heterocycles. The van der Waals surface area contributed by atoms with Gasteiger partial charge >= 0.3 is 6.03 Å². The summed E-state index contributed by atoms with van der Waals surface area (Å²) >= 11 is 0. The topological polar surface area (TPSA) is 78.5 Å². The average molecular weight is 289 g/mol. The third-order valence-electron chi connectivity index (χ3n) is 3.14. The lowest BCUT2D eigenvalue weighted by atomic mass is 10.1. The van der Waals surface area contributed by atoms with Gasteiger partial charge in [0.25, 0.3) is 5.91 Å². The van der Waals surface area contributed by atoms with Crippen LogP contribution in [0.1, 0.15) is 19.4 Å². The number of hydrogen-bond donors (Lipinski definition) is 2. The Bertz CT molecular complexity index is 542. The van der Waals surface area contributed by atoms with E-state index in [-0.39, 0.29) is 24.4 Å². The van der Waals surface area contributed by atoms with Gasteiger partial charge in [-0.05, 0) is 19.4 Å². The van der Waals surface area contributed by atoms with Crippen LogP contribution in [0.2, 0.25) is 0 Å². The van der Waals surface area contributed by atoms with Crippen LogP contribution in [0.3, 0.4) is 0 Å². The second-order valence-corrected chi connectivity index (χ2v) is 5.34. The van der Waals surface area contributed by atoms with Crippen molar-refractivity contribution in [2.75, 3.05) is 6.54 Å². The maximum atomic E-state index is 12.2. The van der Waals surface area contributed by atoms with E-state index in [1.165, 1.54) is 0 Å². The number of rotatable bonds is 5. The highest BCUT2D eigenvalue weighted by Gasteiger charge is 2.38. The predicted octanol–water partition coefficient (Wildman–Crippen LogP) is 0.674. The van der Waals surface area contributed by atoms with Crippen molar-refractivity contribution in [3.8, 4) is 0 Å². The molecule has 0 spiro atoms. The smallest absolute Gasteiger partial charge is 0.325 e. The van der Waals surface area contributed by atoms with E-state index in [0.717, 1.165) is 10.5 Å². The SMILES string of the molecule is CC(C)NC(=O)CN1C(=O)NC(Cc2ccccc2)C1=O. The Labute approximate surface area is 123 Å². The summed E-state index contributed by atoms with van der Waals surface area (Å²) < 4.78 is 0. The summed E-state index contributed by atoms with van der Waals surface area (Å²) in [6.45, 7) is 3.40. The van der Waals surface area contributed by atoms with Gasteiger partial charge in [-0.2, -0.15) is 0 Å². The number of urea groups is 1. The molecule has 0 aliphatic carbocycles. The first-order valence-corrected chi connectivity index (χ1v) is 6.92. The molecule has 1 saturated heterocycles. The molecule has 2 N–H and O–H groups in total. The fraction of sp³-hybridized carbons (Fsp3) is 0.400. The van der Waals surface area contributed by atoms with Crippen LogP contribution in [0.4, 0.5) is 4.79 Å². The second kappa shape index (κ2) is 6.39. The van der Waals surface area contributed by atoms with Crippen LogP contribution in [0.5, 0.6) is 0 Å². The van der Waals surface area contributed by atoms with E-state index in [4.69, 9.17) is 0 Å². The minimum atomic E-state index is -0.605. The number of nitrogens with zero attached hydrogens (tertiary/aromatic N) is 1. The van der Waals surface area contributed by atoms with Crippen LogP contribution >= 0.6 is 0 Å². The summed E-state index contributed by atoms with van der Waals surface area (Å²) in [5.41, 5.74) is 0.963. The molecule has 4 amide bonds. The number of benzene rings is 1. The molecule has 1 atom stereocenters. The first kappa shape index (κ1) is 15.0. The van der Waals surface area contributed by atoms with Crippen molar-refractivity contribution < 1.29 is 14.4 Å². The molecule has 0 bridgehead atoms. The zero-order valence-corrected chi connectivity index (χ0v) is 12.1. The average Bonchev–Trinajstić information content (AvgIpc) is 2.67. The van der Waals surface area contributed by atoms with Gasteiger partial charge in [0.05, 0.1) is 0 Å². The summed E-state index contributed by atoms with van der Waals surface area (Å²) in [5.74, 6) is -0.698. The van der Waals surface area contributed by atoms with E-state index in [9.17, 15) is 14.4 Å². The lowest BCUT2D eigenvalue weighted by Crippen LogP contribution is -2.43. The summed E-state index contributed by atoms with van der Waals surface area (Å²) in [6, 6.07) is 8.29. The van der Waals surface area contributed by atoms with Gasteiger partial charge in [0, 0.05) is 12.5 Å². The zero-order valence-electron chi connectivity index (χ0n) is 12.1. The molecule has 1 unspecified atom stereocenters. The standard InChI is InChI=1S/C15H19N3O3/c1-10(2)16-13(19)9-18-14(20)12(17-15(18)21)8-11-6-4-3-5-7-11/h3-7,10,12H,8-9H2,1-2H3,(H,16,19)(H,17,21). The third kappa shape index (κ3) is 3.81. The fourth-order valence-corrected chi connectivity index (χ4v) is 2.23. The lowest BCUT2D eigenvalue weighted by Gasteiger charge is -2.14. The lowest BCUT2D eigenvalue weighted by molar-refractivity contribution is -0.132. The van der Waals surface area contributed by atoms with Crippen LogP contribution in [0.25, 0.3) is 0 Å². The van der Waals surface area contributed by atoms with E-state index in [2.05, 4.69) is 10.6 Å². The Balaban J connectivity index is 1.98. The van der Waals surface area contributed by atoms with Crippen LogP contribution in [0.15, 0.2) is 30.3 Å². The van der Waals surface area contributed by atoms with Gasteiger partial charge in [-0.15, -0.1) is 0 Å². The van der Waals surface area contributed by atoms with E-state index >= 15 is 0 Å². The van der Waals surface area contributed by atoms with Crippen LogP contribution in [-0.2, 0) is 16.0 Å². The van der Waals surface area contributed by atoms with Crippen molar-refractivity contribution in [3.63, 3.8) is 0 Å². The van der Waals surface area contributed by atoms with Gasteiger partial charge in [0.1, 0.15) is 12.6 Å². The molecule has 0 saturated carbocycles. The van der Waals surface area contributed by atoms with E-state index < -0.39 is 12.1 Å². The predicted molar refractivity (Wildman–Crippen MR) is 77.5 cm³/mol. The molecule has 0 radical (unpaired) electrons. The van der Waals surface area contributed by atoms with Gasteiger partial charge in [-0.3, -0.25) is 14.5 Å². The number of carbonyl (C=O) groups is 3. The third-order valence-corrected chi connectivity index (χ3v) is 3.14. The number of hydrogen-bond acceptors (Lipinski definition) is 3. The summed E-state index contributed by atoms with van der Waals surface area (Å²) in [5, 5.41) is 5.28. The van der Waals surface area contributed by atoms with E-state index in [1.807, 2.05) is 44.2 Å². The molecular weight excluding hydrogens is 270 g/mol. The number of imide groups is 1. The normalized spacial score (nSPS) is 18.0. The van der Waals surface area contributed by atoms with Gasteiger partial charge in [-0.1, -0.05) is 30.3 Å². The first-order valence-electron chi connectivity index (χ1n) is 6.92. The largest absolute Gasteiger partial charge is 0.352 e. The summed E-state index contributed by atoms with van der Waals surface area (Å²) in [7, 11) is 0. The quantitative estimate of drug-likeness (QED) is 0.782. The van der Waals surface area contributed by atoms with Gasteiger partial charge in [0.15, 0.2) is 0 Å². The molecule has 1 aliphatic rings. The van der Waals surface area contributed by atoms with Crippen LogP contribution < -0.4 is 10.6 Å². The molecule has 21 heavy (non-hydrogen) atoms. The summed E-state index contributed by atoms with van der Waals surface area (Å²) in [4.78, 5) is 36.7. The maximum absolute atomic E-state index is 12.2. The molecule has 1 aliphatic heterocycles. The van der Waals surface area contributed by atoms with Crippen molar-refractivity contribution in [1.29, 1.82) is 0 Å². The Morgan fingerprint density at radius 1 is 1.29 bits per heavy atom. The van der Waals surface area contributed by atoms with Crippen molar-refractivity contribution in [1.82, 2.24) is 15.5 Å². The molecule has 1 fully saturated rings. The van der Waals surface area contributed by atoms with Crippen molar-refractivity contribution >= 4 is 17.8 Å². The Hall–Kier alpha value is -2.37. The molecule has 6 heteroatoms. The van der Waals surface area contributed by atoms with Crippen molar-refractivity contribution in [2.45, 2.75) is 32.4 Å². The van der Waals surface area contributed by atoms with Crippen molar-refractivity contribution in [2.24, 2.45) is 0 Å². The molecular formula is C15H19N3O3.